The highest BCUT2D eigenvalue weighted by molar-refractivity contribution is 5.97. The Morgan fingerprint density at radius 2 is 1.86 bits per heavy atom. The molecular formula is C21H24FN5O2. The molecule has 1 aromatic heterocycles. The maximum Gasteiger partial charge on any atom is 0.321 e. The third-order valence-corrected chi connectivity index (χ3v) is 4.48. The maximum atomic E-state index is 13.0. The lowest BCUT2D eigenvalue weighted by atomic mass is 10.2. The first-order chi connectivity index (χ1) is 13.7. The van der Waals surface area contributed by atoms with Crippen molar-refractivity contribution in [1.29, 1.82) is 0 Å². The molecular weight excluding hydrogens is 373 g/mol. The van der Waals surface area contributed by atoms with Crippen molar-refractivity contribution in [2.75, 3.05) is 12.4 Å². The first kappa shape index (κ1) is 20.3. The Bertz CT molecular complexity index is 1040. The van der Waals surface area contributed by atoms with E-state index in [9.17, 15) is 14.0 Å². The second-order valence-corrected chi connectivity index (χ2v) is 7.21. The fraction of sp³-hybridized carbons (Fsp3) is 0.286. The predicted molar refractivity (Wildman–Crippen MR) is 110 cm³/mol. The second-order valence-electron chi connectivity index (χ2n) is 7.21. The highest BCUT2D eigenvalue weighted by Gasteiger charge is 2.16. The number of rotatable bonds is 5. The first-order valence-electron chi connectivity index (χ1n) is 9.28. The van der Waals surface area contributed by atoms with Crippen molar-refractivity contribution in [3.05, 3.63) is 59.7 Å². The van der Waals surface area contributed by atoms with Gasteiger partial charge in [-0.1, -0.05) is 0 Å². The molecule has 3 rings (SSSR count). The molecule has 0 unspecified atom stereocenters. The fourth-order valence-corrected chi connectivity index (χ4v) is 2.91. The molecule has 2 N–H and O–H groups in total. The number of hydrogen-bond donors (Lipinski definition) is 2. The van der Waals surface area contributed by atoms with Crippen LogP contribution >= 0.6 is 0 Å². The molecule has 1 heterocycles. The van der Waals surface area contributed by atoms with E-state index in [1.54, 1.807) is 19.2 Å². The van der Waals surface area contributed by atoms with Crippen molar-refractivity contribution in [2.45, 2.75) is 26.4 Å². The van der Waals surface area contributed by atoms with Crippen LogP contribution in [0.3, 0.4) is 0 Å². The van der Waals surface area contributed by atoms with Crippen LogP contribution in [-0.2, 0) is 13.6 Å². The van der Waals surface area contributed by atoms with Crippen LogP contribution in [0.2, 0.25) is 0 Å². The number of carbonyl (C=O) groups is 2. The minimum Gasteiger partial charge on any atom is -0.350 e. The van der Waals surface area contributed by atoms with Crippen molar-refractivity contribution in [3.8, 4) is 0 Å². The smallest absolute Gasteiger partial charge is 0.321 e. The van der Waals surface area contributed by atoms with Crippen molar-refractivity contribution < 1.29 is 14.0 Å². The molecule has 152 valence electrons. The highest BCUT2D eigenvalue weighted by Crippen LogP contribution is 2.18. The van der Waals surface area contributed by atoms with Gasteiger partial charge >= 0.3 is 6.03 Å². The Morgan fingerprint density at radius 1 is 1.17 bits per heavy atom. The van der Waals surface area contributed by atoms with E-state index in [4.69, 9.17) is 0 Å². The normalized spacial score (nSPS) is 11.0. The molecule has 0 atom stereocenters. The van der Waals surface area contributed by atoms with Crippen LogP contribution in [-0.4, -0.2) is 39.5 Å². The monoisotopic (exact) mass is 397 g/mol. The van der Waals surface area contributed by atoms with Crippen LogP contribution in [0.4, 0.5) is 14.9 Å². The van der Waals surface area contributed by atoms with Gasteiger partial charge in [0, 0.05) is 31.4 Å². The van der Waals surface area contributed by atoms with Gasteiger partial charge in [-0.05, 0) is 56.3 Å². The Balaban J connectivity index is 1.75. The number of amides is 3. The molecule has 0 saturated carbocycles. The summed E-state index contributed by atoms with van der Waals surface area (Å²) in [6.07, 6.45) is 0. The Labute approximate surface area is 168 Å². The third kappa shape index (κ3) is 4.71. The number of nitrogens with zero attached hydrogens (tertiary/aromatic N) is 3. The summed E-state index contributed by atoms with van der Waals surface area (Å²) in [4.78, 5) is 30.7. The van der Waals surface area contributed by atoms with Crippen molar-refractivity contribution >= 4 is 28.7 Å². The van der Waals surface area contributed by atoms with E-state index in [0.29, 0.717) is 22.6 Å². The number of benzene rings is 2. The average molecular weight is 397 g/mol. The van der Waals surface area contributed by atoms with Gasteiger partial charge in [0.05, 0.1) is 17.6 Å². The Hall–Kier alpha value is -3.42. The predicted octanol–water partition coefficient (Wildman–Crippen LogP) is 3.51. The number of hydrogen-bond acceptors (Lipinski definition) is 3. The summed E-state index contributed by atoms with van der Waals surface area (Å²) < 4.78 is 14.9. The van der Waals surface area contributed by atoms with Crippen molar-refractivity contribution in [2.24, 2.45) is 7.05 Å². The van der Waals surface area contributed by atoms with Crippen LogP contribution in [0.1, 0.15) is 30.0 Å². The molecule has 0 aliphatic carbocycles. The van der Waals surface area contributed by atoms with E-state index in [2.05, 4.69) is 15.6 Å². The standard InChI is InChI=1S/C21H24FN5O2/c1-13(2)23-20(28)14-5-10-18-17(11-14)25-19(27(18)4)12-26(3)21(29)24-16-8-6-15(22)7-9-16/h5-11,13H,12H2,1-4H3,(H,23,28)(H,24,29). The van der Waals surface area contributed by atoms with Crippen LogP contribution < -0.4 is 10.6 Å². The number of urea groups is 1. The van der Waals surface area contributed by atoms with E-state index in [-0.39, 0.29) is 30.3 Å². The molecule has 3 amide bonds. The van der Waals surface area contributed by atoms with Gasteiger partial charge in [0.25, 0.3) is 5.91 Å². The number of nitrogens with one attached hydrogen (secondary N) is 2. The van der Waals surface area contributed by atoms with Crippen molar-refractivity contribution in [3.63, 3.8) is 0 Å². The van der Waals surface area contributed by atoms with Gasteiger partial charge in [-0.2, -0.15) is 0 Å². The number of fused-ring (bicyclic) bond motifs is 1. The summed E-state index contributed by atoms with van der Waals surface area (Å²) >= 11 is 0. The first-order valence-corrected chi connectivity index (χ1v) is 9.28. The molecule has 0 saturated heterocycles. The summed E-state index contributed by atoms with van der Waals surface area (Å²) in [6.45, 7) is 4.08. The van der Waals surface area contributed by atoms with Gasteiger partial charge in [-0.25, -0.2) is 14.2 Å². The summed E-state index contributed by atoms with van der Waals surface area (Å²) in [7, 11) is 3.52. The quantitative estimate of drug-likeness (QED) is 0.691. The van der Waals surface area contributed by atoms with Crippen molar-refractivity contribution in [1.82, 2.24) is 19.8 Å². The lowest BCUT2D eigenvalue weighted by Crippen LogP contribution is -2.31. The van der Waals surface area contributed by atoms with Crippen LogP contribution in [0.25, 0.3) is 11.0 Å². The van der Waals surface area contributed by atoms with Crippen LogP contribution in [0.15, 0.2) is 42.5 Å². The zero-order chi connectivity index (χ0) is 21.1. The summed E-state index contributed by atoms with van der Waals surface area (Å²) in [5.74, 6) is 0.167. The van der Waals surface area contributed by atoms with Gasteiger partial charge in [0.2, 0.25) is 0 Å². The van der Waals surface area contributed by atoms with E-state index < -0.39 is 0 Å². The van der Waals surface area contributed by atoms with Gasteiger partial charge in [-0.15, -0.1) is 0 Å². The molecule has 7 nitrogen and oxygen atoms in total. The molecule has 3 aromatic rings. The van der Waals surface area contributed by atoms with Gasteiger partial charge < -0.3 is 20.1 Å². The highest BCUT2D eigenvalue weighted by atomic mass is 19.1. The molecule has 8 heteroatoms. The number of carbonyl (C=O) groups excluding carboxylic acids is 2. The molecule has 0 fully saturated rings. The van der Waals surface area contributed by atoms with E-state index in [1.807, 2.05) is 31.5 Å². The zero-order valence-corrected chi connectivity index (χ0v) is 16.9. The van der Waals surface area contributed by atoms with E-state index in [0.717, 1.165) is 5.52 Å². The number of aromatic nitrogens is 2. The van der Waals surface area contributed by atoms with Crippen LogP contribution in [0, 0.1) is 5.82 Å². The lowest BCUT2D eigenvalue weighted by Gasteiger charge is -2.17. The molecule has 2 aromatic carbocycles. The van der Waals surface area contributed by atoms with Gasteiger partial charge in [-0.3, -0.25) is 4.79 Å². The summed E-state index contributed by atoms with van der Waals surface area (Å²) in [6, 6.07) is 10.6. The largest absolute Gasteiger partial charge is 0.350 e. The van der Waals surface area contributed by atoms with Gasteiger partial charge in [0.15, 0.2) is 0 Å². The third-order valence-electron chi connectivity index (χ3n) is 4.48. The molecule has 29 heavy (non-hydrogen) atoms. The number of aryl methyl sites for hydroxylation is 1. The number of anilines is 1. The number of halogens is 1. The molecule has 0 radical (unpaired) electrons. The topological polar surface area (TPSA) is 79.3 Å². The SMILES string of the molecule is CC(C)NC(=O)c1ccc2c(c1)nc(CN(C)C(=O)Nc1ccc(F)cc1)n2C. The van der Waals surface area contributed by atoms with Crippen LogP contribution in [0.5, 0.6) is 0 Å². The summed E-state index contributed by atoms with van der Waals surface area (Å²) in [5.41, 5.74) is 2.60. The summed E-state index contributed by atoms with van der Waals surface area (Å²) in [5, 5.41) is 5.58. The zero-order valence-electron chi connectivity index (χ0n) is 16.9. The maximum absolute atomic E-state index is 13.0. The molecule has 0 bridgehead atoms. The Morgan fingerprint density at radius 3 is 2.52 bits per heavy atom. The van der Waals surface area contributed by atoms with E-state index >= 15 is 0 Å². The van der Waals surface area contributed by atoms with Gasteiger partial charge in [0.1, 0.15) is 11.6 Å². The minimum absolute atomic E-state index is 0.0470. The van der Waals surface area contributed by atoms with E-state index in [1.165, 1.54) is 29.2 Å². The second kappa shape index (κ2) is 8.30. The molecule has 0 aliphatic rings. The average Bonchev–Trinajstić information content (AvgIpc) is 2.98. The molecule has 0 spiro atoms. The minimum atomic E-state index is -0.363. The molecule has 0 aliphatic heterocycles. The fourth-order valence-electron chi connectivity index (χ4n) is 2.91. The Kier molecular flexibility index (Phi) is 5.81. The lowest BCUT2D eigenvalue weighted by molar-refractivity contribution is 0.0943. The number of imidazole rings is 1.